The van der Waals surface area contributed by atoms with E-state index >= 15 is 0 Å². The molecule has 0 aliphatic heterocycles. The van der Waals surface area contributed by atoms with E-state index in [0.717, 1.165) is 11.5 Å². The van der Waals surface area contributed by atoms with Crippen LogP contribution in [-0.4, -0.2) is 10.9 Å². The van der Waals surface area contributed by atoms with Gasteiger partial charge in [-0.15, -0.1) is 0 Å². The third kappa shape index (κ3) is 2.45. The molecule has 2 N–H and O–H groups in total. The SMILES string of the molecule is NC(=O)c1cccc2ccc(-c3cc(F)cc(F)c3)nc12. The molecule has 3 aromatic rings. The minimum Gasteiger partial charge on any atom is -0.366 e. The van der Waals surface area contributed by atoms with Crippen LogP contribution in [-0.2, 0) is 0 Å². The number of halogens is 2. The Hall–Kier alpha value is -2.82. The molecule has 21 heavy (non-hydrogen) atoms. The number of benzene rings is 2. The van der Waals surface area contributed by atoms with Crippen molar-refractivity contribution in [2.45, 2.75) is 0 Å². The maximum atomic E-state index is 13.3. The summed E-state index contributed by atoms with van der Waals surface area (Å²) in [4.78, 5) is 15.7. The number of primary amides is 1. The number of hydrogen-bond acceptors (Lipinski definition) is 2. The lowest BCUT2D eigenvalue weighted by molar-refractivity contribution is 0.100. The van der Waals surface area contributed by atoms with Crippen LogP contribution in [0.1, 0.15) is 10.4 Å². The van der Waals surface area contributed by atoms with E-state index in [1.807, 2.05) is 0 Å². The van der Waals surface area contributed by atoms with Crippen LogP contribution in [0.15, 0.2) is 48.5 Å². The third-order valence-corrected chi connectivity index (χ3v) is 3.14. The van der Waals surface area contributed by atoms with Crippen LogP contribution in [0.25, 0.3) is 22.2 Å². The van der Waals surface area contributed by atoms with E-state index in [2.05, 4.69) is 4.98 Å². The number of rotatable bonds is 2. The highest BCUT2D eigenvalue weighted by Gasteiger charge is 2.10. The number of aromatic nitrogens is 1. The van der Waals surface area contributed by atoms with E-state index in [1.165, 1.54) is 12.1 Å². The lowest BCUT2D eigenvalue weighted by Crippen LogP contribution is -2.11. The molecule has 1 amide bonds. The lowest BCUT2D eigenvalue weighted by Gasteiger charge is -2.06. The topological polar surface area (TPSA) is 56.0 Å². The normalized spacial score (nSPS) is 10.8. The highest BCUT2D eigenvalue weighted by Crippen LogP contribution is 2.24. The minimum atomic E-state index is -0.685. The molecule has 0 radical (unpaired) electrons. The number of hydrogen-bond donors (Lipinski definition) is 1. The van der Waals surface area contributed by atoms with E-state index < -0.39 is 17.5 Å². The summed E-state index contributed by atoms with van der Waals surface area (Å²) in [6.45, 7) is 0. The zero-order chi connectivity index (χ0) is 15.0. The molecule has 1 heterocycles. The van der Waals surface area contributed by atoms with Crippen molar-refractivity contribution in [1.29, 1.82) is 0 Å². The number of nitrogens with zero attached hydrogens (tertiary/aromatic N) is 1. The third-order valence-electron chi connectivity index (χ3n) is 3.14. The number of para-hydroxylation sites is 1. The molecule has 2 aromatic carbocycles. The molecule has 0 bridgehead atoms. The first-order valence-electron chi connectivity index (χ1n) is 6.20. The first-order chi connectivity index (χ1) is 10.0. The van der Waals surface area contributed by atoms with Gasteiger partial charge in [-0.25, -0.2) is 13.8 Å². The average Bonchev–Trinajstić information content (AvgIpc) is 2.44. The predicted octanol–water partition coefficient (Wildman–Crippen LogP) is 3.28. The average molecular weight is 284 g/mol. The molecule has 0 fully saturated rings. The Morgan fingerprint density at radius 1 is 1.00 bits per heavy atom. The second kappa shape index (κ2) is 4.94. The van der Waals surface area contributed by atoms with E-state index in [9.17, 15) is 13.6 Å². The zero-order valence-corrected chi connectivity index (χ0v) is 10.8. The van der Waals surface area contributed by atoms with Crippen molar-refractivity contribution in [3.05, 3.63) is 65.7 Å². The fraction of sp³-hybridized carbons (Fsp3) is 0. The summed E-state index contributed by atoms with van der Waals surface area (Å²) in [5.41, 5.74) is 6.67. The molecule has 104 valence electrons. The summed E-state index contributed by atoms with van der Waals surface area (Å²) in [5, 5.41) is 0.729. The van der Waals surface area contributed by atoms with Crippen molar-refractivity contribution in [2.75, 3.05) is 0 Å². The Bertz CT molecular complexity index is 842. The van der Waals surface area contributed by atoms with Gasteiger partial charge in [0, 0.05) is 17.0 Å². The molecular weight excluding hydrogens is 274 g/mol. The minimum absolute atomic E-state index is 0.270. The lowest BCUT2D eigenvalue weighted by atomic mass is 10.1. The molecule has 0 saturated heterocycles. The van der Waals surface area contributed by atoms with Gasteiger partial charge >= 0.3 is 0 Å². The van der Waals surface area contributed by atoms with Gasteiger partial charge in [-0.2, -0.15) is 0 Å². The maximum absolute atomic E-state index is 13.3. The van der Waals surface area contributed by atoms with Gasteiger partial charge in [-0.1, -0.05) is 18.2 Å². The summed E-state index contributed by atoms with van der Waals surface area (Å²) >= 11 is 0. The smallest absolute Gasteiger partial charge is 0.250 e. The van der Waals surface area contributed by atoms with Crippen molar-refractivity contribution < 1.29 is 13.6 Å². The Morgan fingerprint density at radius 2 is 1.71 bits per heavy atom. The summed E-state index contributed by atoms with van der Waals surface area (Å²) in [6, 6.07) is 11.6. The van der Waals surface area contributed by atoms with Gasteiger partial charge < -0.3 is 5.73 Å². The van der Waals surface area contributed by atoms with Crippen LogP contribution >= 0.6 is 0 Å². The van der Waals surface area contributed by atoms with Gasteiger partial charge in [0.1, 0.15) is 11.6 Å². The standard InChI is InChI=1S/C16H10F2N2O/c17-11-6-10(7-12(18)8-11)14-5-4-9-2-1-3-13(16(19)21)15(9)20-14/h1-8H,(H2,19,21). The molecule has 0 atom stereocenters. The summed E-state index contributed by atoms with van der Waals surface area (Å²) in [5.74, 6) is -1.97. The van der Waals surface area contributed by atoms with Gasteiger partial charge in [-0.05, 0) is 24.3 Å². The molecule has 0 unspecified atom stereocenters. The highest BCUT2D eigenvalue weighted by molar-refractivity contribution is 6.05. The van der Waals surface area contributed by atoms with Crippen molar-refractivity contribution in [1.82, 2.24) is 4.98 Å². The molecule has 3 nitrogen and oxygen atoms in total. The Morgan fingerprint density at radius 3 is 2.38 bits per heavy atom. The molecule has 3 rings (SSSR count). The van der Waals surface area contributed by atoms with Crippen molar-refractivity contribution in [3.8, 4) is 11.3 Å². The molecule has 0 aliphatic rings. The van der Waals surface area contributed by atoms with Crippen LogP contribution in [0.5, 0.6) is 0 Å². The van der Waals surface area contributed by atoms with E-state index in [0.29, 0.717) is 16.8 Å². The Balaban J connectivity index is 2.25. The van der Waals surface area contributed by atoms with Gasteiger partial charge in [0.25, 0.3) is 5.91 Å². The Labute approximate surface area is 119 Å². The fourth-order valence-corrected chi connectivity index (χ4v) is 2.21. The van der Waals surface area contributed by atoms with Crippen molar-refractivity contribution in [3.63, 3.8) is 0 Å². The number of fused-ring (bicyclic) bond motifs is 1. The maximum Gasteiger partial charge on any atom is 0.250 e. The van der Waals surface area contributed by atoms with Crippen LogP contribution in [0.3, 0.4) is 0 Å². The van der Waals surface area contributed by atoms with Gasteiger partial charge in [0.05, 0.1) is 16.8 Å². The van der Waals surface area contributed by atoms with E-state index in [4.69, 9.17) is 5.73 Å². The zero-order valence-electron chi connectivity index (χ0n) is 10.8. The predicted molar refractivity (Wildman–Crippen MR) is 75.6 cm³/mol. The monoisotopic (exact) mass is 284 g/mol. The Kier molecular flexibility index (Phi) is 3.10. The van der Waals surface area contributed by atoms with Crippen LogP contribution < -0.4 is 5.73 Å². The summed E-state index contributed by atoms with van der Waals surface area (Å²) < 4.78 is 26.6. The molecule has 1 aromatic heterocycles. The number of carbonyl (C=O) groups excluding carboxylic acids is 1. The molecular formula is C16H10F2N2O. The molecule has 0 saturated carbocycles. The summed E-state index contributed by atoms with van der Waals surface area (Å²) in [6.07, 6.45) is 0. The van der Waals surface area contributed by atoms with Crippen LogP contribution in [0.4, 0.5) is 8.78 Å². The highest BCUT2D eigenvalue weighted by atomic mass is 19.1. The number of carbonyl (C=O) groups is 1. The second-order valence-corrected chi connectivity index (χ2v) is 4.60. The van der Waals surface area contributed by atoms with Crippen molar-refractivity contribution in [2.24, 2.45) is 5.73 Å². The second-order valence-electron chi connectivity index (χ2n) is 4.60. The van der Waals surface area contributed by atoms with E-state index in [1.54, 1.807) is 30.3 Å². The molecule has 0 spiro atoms. The van der Waals surface area contributed by atoms with Crippen LogP contribution in [0.2, 0.25) is 0 Å². The first kappa shape index (κ1) is 13.2. The summed E-state index contributed by atoms with van der Waals surface area (Å²) in [7, 11) is 0. The number of amides is 1. The van der Waals surface area contributed by atoms with Crippen LogP contribution in [0, 0.1) is 11.6 Å². The number of nitrogens with two attached hydrogens (primary N) is 1. The van der Waals surface area contributed by atoms with E-state index in [-0.39, 0.29) is 5.56 Å². The molecule has 0 aliphatic carbocycles. The van der Waals surface area contributed by atoms with Gasteiger partial charge in [0.15, 0.2) is 0 Å². The first-order valence-corrected chi connectivity index (χ1v) is 6.20. The quantitative estimate of drug-likeness (QED) is 0.785. The molecule has 5 heteroatoms. The number of pyridine rings is 1. The fourth-order valence-electron chi connectivity index (χ4n) is 2.21. The largest absolute Gasteiger partial charge is 0.366 e. The van der Waals surface area contributed by atoms with Crippen molar-refractivity contribution >= 4 is 16.8 Å². The van der Waals surface area contributed by atoms with Gasteiger partial charge in [-0.3, -0.25) is 4.79 Å². The van der Waals surface area contributed by atoms with Gasteiger partial charge in [0.2, 0.25) is 0 Å².